The molecule has 1 fully saturated rings. The predicted molar refractivity (Wildman–Crippen MR) is 151 cm³/mol. The van der Waals surface area contributed by atoms with Crippen molar-refractivity contribution in [2.75, 3.05) is 29.0 Å². The van der Waals surface area contributed by atoms with Crippen LogP contribution >= 0.6 is 0 Å². The molecule has 0 unspecified atom stereocenters. The molecule has 1 amide bonds. The molecule has 38 heavy (non-hydrogen) atoms. The van der Waals surface area contributed by atoms with Crippen molar-refractivity contribution in [3.63, 3.8) is 0 Å². The number of benzene rings is 2. The van der Waals surface area contributed by atoms with E-state index in [0.29, 0.717) is 17.1 Å². The van der Waals surface area contributed by atoms with Crippen molar-refractivity contribution < 1.29 is 9.18 Å². The number of carbonyl (C=O) groups is 1. The van der Waals surface area contributed by atoms with Crippen LogP contribution in [0.2, 0.25) is 0 Å². The highest BCUT2D eigenvalue weighted by Gasteiger charge is 2.32. The Morgan fingerprint density at radius 2 is 1.63 bits per heavy atom. The van der Waals surface area contributed by atoms with Gasteiger partial charge in [-0.3, -0.25) is 14.8 Å². The summed E-state index contributed by atoms with van der Waals surface area (Å²) < 4.78 is 13.2. The lowest BCUT2D eigenvalue weighted by Gasteiger charge is -2.29. The summed E-state index contributed by atoms with van der Waals surface area (Å²) in [5.74, 6) is -0.493. The predicted octanol–water partition coefficient (Wildman–Crippen LogP) is 6.44. The van der Waals surface area contributed by atoms with Crippen LogP contribution in [0.1, 0.15) is 38.7 Å². The van der Waals surface area contributed by atoms with Crippen LogP contribution in [0.25, 0.3) is 22.4 Å². The average Bonchev–Trinajstić information content (AvgIpc) is 2.94. The van der Waals surface area contributed by atoms with E-state index in [2.05, 4.69) is 26.3 Å². The van der Waals surface area contributed by atoms with Crippen molar-refractivity contribution in [1.29, 1.82) is 0 Å². The number of rotatable bonds is 6. The van der Waals surface area contributed by atoms with E-state index < -0.39 is 5.41 Å². The molecule has 1 saturated heterocycles. The maximum atomic E-state index is 13.4. The zero-order chi connectivity index (χ0) is 26.7. The largest absolute Gasteiger partial charge is 0.398 e. The Morgan fingerprint density at radius 1 is 0.895 bits per heavy atom. The molecule has 0 saturated carbocycles. The second kappa shape index (κ2) is 10.6. The minimum absolute atomic E-state index is 0.196. The lowest BCUT2D eigenvalue weighted by atomic mass is 9.81. The van der Waals surface area contributed by atoms with E-state index in [1.165, 1.54) is 31.4 Å². The van der Waals surface area contributed by atoms with Gasteiger partial charge < -0.3 is 16.0 Å². The van der Waals surface area contributed by atoms with E-state index in [1.807, 2.05) is 44.4 Å². The summed E-state index contributed by atoms with van der Waals surface area (Å²) >= 11 is 0. The van der Waals surface area contributed by atoms with Gasteiger partial charge in [0.05, 0.1) is 34.9 Å². The minimum Gasteiger partial charge on any atom is -0.398 e. The smallest absolute Gasteiger partial charge is 0.234 e. The first-order valence-electron chi connectivity index (χ1n) is 12.9. The molecule has 1 aliphatic heterocycles. The number of nitrogens with zero attached hydrogens (tertiary/aromatic N) is 3. The fourth-order valence-electron chi connectivity index (χ4n) is 4.86. The quantitative estimate of drug-likeness (QED) is 0.292. The SMILES string of the molecule is CC(C)(C(=O)Nc1ccc(-c2ccc(F)cc2)nc1)c1cc(-c2cncc(N3CCCCC3)c2)ccc1N. The molecule has 5 rings (SSSR count). The van der Waals surface area contributed by atoms with Crippen molar-refractivity contribution in [1.82, 2.24) is 9.97 Å². The van der Waals surface area contributed by atoms with Crippen LogP contribution in [0.3, 0.4) is 0 Å². The number of aromatic nitrogens is 2. The monoisotopic (exact) mass is 509 g/mol. The van der Waals surface area contributed by atoms with Gasteiger partial charge in [-0.15, -0.1) is 0 Å². The van der Waals surface area contributed by atoms with Gasteiger partial charge in [-0.05, 0) is 98.8 Å². The van der Waals surface area contributed by atoms with Crippen LogP contribution in [-0.2, 0) is 10.2 Å². The van der Waals surface area contributed by atoms with Gasteiger partial charge in [-0.2, -0.15) is 0 Å². The molecule has 0 aliphatic carbocycles. The van der Waals surface area contributed by atoms with E-state index in [9.17, 15) is 9.18 Å². The zero-order valence-corrected chi connectivity index (χ0v) is 21.7. The standard InChI is InChI=1S/C31H32FN5O/c1-31(2,30(38)36-25-11-13-29(35-19-25)21-6-9-24(32)10-7-21)27-17-22(8-12-28(27)33)23-16-26(20-34-18-23)37-14-4-3-5-15-37/h6-13,16-20H,3-5,14-15,33H2,1-2H3,(H,36,38). The summed E-state index contributed by atoms with van der Waals surface area (Å²) in [5, 5.41) is 2.97. The first-order valence-corrected chi connectivity index (χ1v) is 12.9. The Kier molecular flexibility index (Phi) is 7.09. The summed E-state index contributed by atoms with van der Waals surface area (Å²) in [6.07, 6.45) is 9.04. The molecule has 2 aromatic carbocycles. The highest BCUT2D eigenvalue weighted by molar-refractivity contribution is 5.99. The molecule has 3 N–H and O–H groups in total. The molecule has 1 aliphatic rings. The summed E-state index contributed by atoms with van der Waals surface area (Å²) in [6, 6.07) is 17.7. The first kappa shape index (κ1) is 25.4. The highest BCUT2D eigenvalue weighted by Crippen LogP contribution is 2.34. The van der Waals surface area contributed by atoms with Gasteiger partial charge in [0, 0.05) is 36.1 Å². The number of hydrogen-bond acceptors (Lipinski definition) is 5. The van der Waals surface area contributed by atoms with Crippen molar-refractivity contribution in [3.05, 3.63) is 90.6 Å². The van der Waals surface area contributed by atoms with Crippen LogP contribution in [0.4, 0.5) is 21.5 Å². The fraction of sp³-hybridized carbons (Fsp3) is 0.258. The van der Waals surface area contributed by atoms with Crippen LogP contribution in [0.5, 0.6) is 0 Å². The Bertz CT molecular complexity index is 1430. The third kappa shape index (κ3) is 5.37. The maximum absolute atomic E-state index is 13.4. The summed E-state index contributed by atoms with van der Waals surface area (Å²) in [4.78, 5) is 24.7. The number of pyridine rings is 2. The molecule has 0 atom stereocenters. The van der Waals surface area contributed by atoms with Gasteiger partial charge in [0.1, 0.15) is 5.82 Å². The van der Waals surface area contributed by atoms with Crippen molar-refractivity contribution in [3.8, 4) is 22.4 Å². The maximum Gasteiger partial charge on any atom is 0.234 e. The van der Waals surface area contributed by atoms with Crippen molar-refractivity contribution in [2.24, 2.45) is 0 Å². The normalized spacial score (nSPS) is 13.8. The number of halogens is 1. The number of amides is 1. The van der Waals surface area contributed by atoms with Gasteiger partial charge >= 0.3 is 0 Å². The van der Waals surface area contributed by atoms with Crippen molar-refractivity contribution >= 4 is 23.0 Å². The highest BCUT2D eigenvalue weighted by atomic mass is 19.1. The molecule has 0 radical (unpaired) electrons. The third-order valence-electron chi connectivity index (χ3n) is 7.23. The van der Waals surface area contributed by atoms with Crippen molar-refractivity contribution in [2.45, 2.75) is 38.5 Å². The van der Waals surface area contributed by atoms with Crippen LogP contribution in [0.15, 0.2) is 79.3 Å². The molecular formula is C31H32FN5O. The topological polar surface area (TPSA) is 84.1 Å². The van der Waals surface area contributed by atoms with E-state index in [1.54, 1.807) is 30.5 Å². The molecule has 4 aromatic rings. The number of carbonyl (C=O) groups excluding carboxylic acids is 1. The number of hydrogen-bond donors (Lipinski definition) is 2. The minimum atomic E-state index is -0.909. The van der Waals surface area contributed by atoms with E-state index in [0.717, 1.165) is 41.0 Å². The van der Waals surface area contributed by atoms with Crippen LogP contribution < -0.4 is 16.0 Å². The zero-order valence-electron chi connectivity index (χ0n) is 21.7. The van der Waals surface area contributed by atoms with Gasteiger partial charge in [-0.25, -0.2) is 4.39 Å². The molecule has 0 spiro atoms. The van der Waals surface area contributed by atoms with Crippen LogP contribution in [-0.4, -0.2) is 29.0 Å². The van der Waals surface area contributed by atoms with Gasteiger partial charge in [-0.1, -0.05) is 6.07 Å². The lowest BCUT2D eigenvalue weighted by Crippen LogP contribution is -2.35. The number of anilines is 3. The molecule has 3 heterocycles. The number of piperidine rings is 1. The average molecular weight is 510 g/mol. The van der Waals surface area contributed by atoms with Gasteiger partial charge in [0.25, 0.3) is 0 Å². The van der Waals surface area contributed by atoms with Gasteiger partial charge in [0.2, 0.25) is 5.91 Å². The van der Waals surface area contributed by atoms with E-state index >= 15 is 0 Å². The lowest BCUT2D eigenvalue weighted by molar-refractivity contribution is -0.120. The molecule has 7 heteroatoms. The Labute approximate surface area is 222 Å². The number of nitrogens with two attached hydrogens (primary N) is 1. The Hall–Kier alpha value is -4.26. The summed E-state index contributed by atoms with van der Waals surface area (Å²) in [5.41, 5.74) is 11.9. The number of nitrogen functional groups attached to an aromatic ring is 1. The molecule has 0 bridgehead atoms. The first-order chi connectivity index (χ1) is 18.3. The Morgan fingerprint density at radius 3 is 2.34 bits per heavy atom. The molecule has 194 valence electrons. The molecule has 2 aromatic heterocycles. The molecular weight excluding hydrogens is 477 g/mol. The van der Waals surface area contributed by atoms with Gasteiger partial charge in [0.15, 0.2) is 0 Å². The summed E-state index contributed by atoms with van der Waals surface area (Å²) in [6.45, 7) is 5.82. The molecule has 6 nitrogen and oxygen atoms in total. The fourth-order valence-corrected chi connectivity index (χ4v) is 4.86. The number of nitrogens with one attached hydrogen (secondary N) is 1. The second-order valence-electron chi connectivity index (χ2n) is 10.3. The van der Waals surface area contributed by atoms with E-state index in [4.69, 9.17) is 5.73 Å². The van der Waals surface area contributed by atoms with E-state index in [-0.39, 0.29) is 11.7 Å². The third-order valence-corrected chi connectivity index (χ3v) is 7.23. The summed E-state index contributed by atoms with van der Waals surface area (Å²) in [7, 11) is 0. The van der Waals surface area contributed by atoms with Crippen LogP contribution in [0, 0.1) is 5.82 Å². The Balaban J connectivity index is 1.36. The second-order valence-corrected chi connectivity index (χ2v) is 10.3.